The molecular formula is C15H13BrClNO3. The van der Waals surface area contributed by atoms with Gasteiger partial charge in [0.15, 0.2) is 5.76 Å². The van der Waals surface area contributed by atoms with E-state index in [-0.39, 0.29) is 11.5 Å². The summed E-state index contributed by atoms with van der Waals surface area (Å²) in [5, 5.41) is 14.1. The molecule has 0 spiro atoms. The van der Waals surface area contributed by atoms with Gasteiger partial charge in [-0.25, -0.2) is 4.79 Å². The van der Waals surface area contributed by atoms with E-state index in [4.69, 9.17) is 16.1 Å². The van der Waals surface area contributed by atoms with E-state index in [1.807, 2.05) is 0 Å². The van der Waals surface area contributed by atoms with Gasteiger partial charge in [0.2, 0.25) is 0 Å². The number of halogens is 2. The van der Waals surface area contributed by atoms with Crippen LogP contribution in [0.3, 0.4) is 0 Å². The minimum atomic E-state index is -1.00. The predicted molar refractivity (Wildman–Crippen MR) is 82.8 cm³/mol. The van der Waals surface area contributed by atoms with Gasteiger partial charge in [0.05, 0.1) is 5.02 Å². The SMILES string of the molecule is O=C(O)c1c(-c2ccc(Cl)c(Br)c2)noc1C1CCCC1. The average molecular weight is 371 g/mol. The summed E-state index contributed by atoms with van der Waals surface area (Å²) in [5.41, 5.74) is 1.22. The first-order valence-corrected chi connectivity index (χ1v) is 7.93. The number of rotatable bonds is 3. The Hall–Kier alpha value is -1.33. The maximum absolute atomic E-state index is 11.6. The van der Waals surface area contributed by atoms with Crippen LogP contribution in [-0.4, -0.2) is 16.2 Å². The number of carboxylic acid groups (broad SMARTS) is 1. The molecular weight excluding hydrogens is 358 g/mol. The Morgan fingerprint density at radius 1 is 1.38 bits per heavy atom. The molecule has 0 atom stereocenters. The van der Waals surface area contributed by atoms with Crippen molar-refractivity contribution in [1.82, 2.24) is 5.16 Å². The molecule has 6 heteroatoms. The average Bonchev–Trinajstić information content (AvgIpc) is 3.09. The van der Waals surface area contributed by atoms with Crippen LogP contribution in [0.25, 0.3) is 11.3 Å². The molecule has 1 aromatic heterocycles. The zero-order valence-electron chi connectivity index (χ0n) is 11.1. The van der Waals surface area contributed by atoms with Crippen LogP contribution in [0.2, 0.25) is 5.02 Å². The molecule has 4 nitrogen and oxygen atoms in total. The molecule has 1 aromatic carbocycles. The third kappa shape index (κ3) is 2.72. The maximum atomic E-state index is 11.6. The zero-order chi connectivity index (χ0) is 15.0. The summed E-state index contributed by atoms with van der Waals surface area (Å²) < 4.78 is 6.08. The fraction of sp³-hybridized carbons (Fsp3) is 0.333. The smallest absolute Gasteiger partial charge is 0.341 e. The van der Waals surface area contributed by atoms with E-state index in [9.17, 15) is 9.90 Å². The van der Waals surface area contributed by atoms with Crippen LogP contribution in [0.4, 0.5) is 0 Å². The van der Waals surface area contributed by atoms with Gasteiger partial charge in [0.1, 0.15) is 11.3 Å². The van der Waals surface area contributed by atoms with Gasteiger partial charge < -0.3 is 9.63 Å². The van der Waals surface area contributed by atoms with Gasteiger partial charge in [0.25, 0.3) is 0 Å². The second-order valence-corrected chi connectivity index (χ2v) is 6.45. The maximum Gasteiger partial charge on any atom is 0.341 e. The Morgan fingerprint density at radius 3 is 2.71 bits per heavy atom. The van der Waals surface area contributed by atoms with Crippen molar-refractivity contribution in [1.29, 1.82) is 0 Å². The van der Waals surface area contributed by atoms with Crippen molar-refractivity contribution >= 4 is 33.5 Å². The van der Waals surface area contributed by atoms with Crippen LogP contribution in [-0.2, 0) is 0 Å². The van der Waals surface area contributed by atoms with Crippen LogP contribution in [0.5, 0.6) is 0 Å². The van der Waals surface area contributed by atoms with Crippen molar-refractivity contribution in [2.45, 2.75) is 31.6 Å². The number of carboxylic acids is 1. The van der Waals surface area contributed by atoms with E-state index in [2.05, 4.69) is 21.1 Å². The molecule has 2 aromatic rings. The van der Waals surface area contributed by atoms with E-state index >= 15 is 0 Å². The highest BCUT2D eigenvalue weighted by Gasteiger charge is 2.30. The molecule has 1 N–H and O–H groups in total. The Balaban J connectivity index is 2.09. The van der Waals surface area contributed by atoms with Gasteiger partial charge in [-0.2, -0.15) is 0 Å². The first-order chi connectivity index (χ1) is 10.1. The number of hydrogen-bond donors (Lipinski definition) is 1. The van der Waals surface area contributed by atoms with E-state index in [0.717, 1.165) is 25.7 Å². The third-order valence-electron chi connectivity index (χ3n) is 3.85. The van der Waals surface area contributed by atoms with Crippen molar-refractivity contribution < 1.29 is 14.4 Å². The molecule has 21 heavy (non-hydrogen) atoms. The lowest BCUT2D eigenvalue weighted by atomic mass is 9.97. The number of aromatic carboxylic acids is 1. The normalized spacial score (nSPS) is 15.5. The monoisotopic (exact) mass is 369 g/mol. The first kappa shape index (κ1) is 14.6. The van der Waals surface area contributed by atoms with Crippen LogP contribution < -0.4 is 0 Å². The second-order valence-electron chi connectivity index (χ2n) is 5.19. The fourth-order valence-corrected chi connectivity index (χ4v) is 3.31. The minimum absolute atomic E-state index is 0.160. The van der Waals surface area contributed by atoms with Gasteiger partial charge in [-0.15, -0.1) is 0 Å². The molecule has 1 fully saturated rings. The van der Waals surface area contributed by atoms with Gasteiger partial charge in [-0.1, -0.05) is 35.7 Å². The Morgan fingerprint density at radius 2 is 2.10 bits per heavy atom. The van der Waals surface area contributed by atoms with Crippen molar-refractivity contribution in [3.63, 3.8) is 0 Å². The summed E-state index contributed by atoms with van der Waals surface area (Å²) in [5.74, 6) is -0.339. The van der Waals surface area contributed by atoms with Crippen LogP contribution in [0.1, 0.15) is 47.7 Å². The predicted octanol–water partition coefficient (Wildman–Crippen LogP) is 5.11. The Labute approximate surface area is 135 Å². The molecule has 3 rings (SSSR count). The Kier molecular flexibility index (Phi) is 4.04. The standard InChI is InChI=1S/C15H13BrClNO3/c16-10-7-9(5-6-11(10)17)13-12(15(19)20)14(21-18-13)8-3-1-2-4-8/h5-8H,1-4H2,(H,19,20). The van der Waals surface area contributed by atoms with Crippen molar-refractivity contribution in [3.05, 3.63) is 39.0 Å². The van der Waals surface area contributed by atoms with Crippen LogP contribution in [0.15, 0.2) is 27.2 Å². The number of benzene rings is 1. The molecule has 1 aliphatic carbocycles. The minimum Gasteiger partial charge on any atom is -0.477 e. The lowest BCUT2D eigenvalue weighted by Crippen LogP contribution is -2.04. The van der Waals surface area contributed by atoms with Crippen molar-refractivity contribution in [3.8, 4) is 11.3 Å². The molecule has 0 unspecified atom stereocenters. The summed E-state index contributed by atoms with van der Waals surface area (Å²) in [6, 6.07) is 5.21. The van der Waals surface area contributed by atoms with Crippen LogP contribution in [0, 0.1) is 0 Å². The van der Waals surface area contributed by atoms with Gasteiger partial charge in [-0.3, -0.25) is 0 Å². The molecule has 110 valence electrons. The highest BCUT2D eigenvalue weighted by Crippen LogP contribution is 2.39. The highest BCUT2D eigenvalue weighted by atomic mass is 79.9. The molecule has 0 radical (unpaired) electrons. The number of nitrogens with zero attached hydrogens (tertiary/aromatic N) is 1. The largest absolute Gasteiger partial charge is 0.477 e. The summed E-state index contributed by atoms with van der Waals surface area (Å²) in [6.45, 7) is 0. The zero-order valence-corrected chi connectivity index (χ0v) is 13.4. The number of carbonyl (C=O) groups is 1. The topological polar surface area (TPSA) is 63.3 Å². The van der Waals surface area contributed by atoms with E-state index in [1.54, 1.807) is 18.2 Å². The molecule has 1 aliphatic rings. The van der Waals surface area contributed by atoms with Gasteiger partial charge >= 0.3 is 5.97 Å². The molecule has 1 saturated carbocycles. The number of aromatic nitrogens is 1. The molecule has 0 aliphatic heterocycles. The van der Waals surface area contributed by atoms with E-state index in [1.165, 1.54) is 0 Å². The molecule has 1 heterocycles. The molecule has 0 amide bonds. The van der Waals surface area contributed by atoms with Crippen molar-refractivity contribution in [2.75, 3.05) is 0 Å². The highest BCUT2D eigenvalue weighted by molar-refractivity contribution is 9.10. The lowest BCUT2D eigenvalue weighted by molar-refractivity contribution is 0.0694. The van der Waals surface area contributed by atoms with E-state index in [0.29, 0.717) is 26.5 Å². The molecule has 0 bridgehead atoms. The molecule has 0 saturated heterocycles. The van der Waals surface area contributed by atoms with Gasteiger partial charge in [0, 0.05) is 16.0 Å². The quantitative estimate of drug-likeness (QED) is 0.815. The van der Waals surface area contributed by atoms with Gasteiger partial charge in [-0.05, 0) is 40.9 Å². The fourth-order valence-electron chi connectivity index (χ4n) is 2.82. The lowest BCUT2D eigenvalue weighted by Gasteiger charge is -2.06. The van der Waals surface area contributed by atoms with Crippen molar-refractivity contribution in [2.24, 2.45) is 0 Å². The summed E-state index contributed by atoms with van der Waals surface area (Å²) in [4.78, 5) is 11.6. The summed E-state index contributed by atoms with van der Waals surface area (Å²) in [6.07, 6.45) is 4.12. The first-order valence-electron chi connectivity index (χ1n) is 6.76. The Bertz CT molecular complexity index is 692. The summed E-state index contributed by atoms with van der Waals surface area (Å²) >= 11 is 9.31. The number of hydrogen-bond acceptors (Lipinski definition) is 3. The summed E-state index contributed by atoms with van der Waals surface area (Å²) in [7, 11) is 0. The van der Waals surface area contributed by atoms with Crippen LogP contribution >= 0.6 is 27.5 Å². The van der Waals surface area contributed by atoms with E-state index < -0.39 is 5.97 Å². The third-order valence-corrected chi connectivity index (χ3v) is 5.07. The second kappa shape index (κ2) is 5.81.